The van der Waals surface area contributed by atoms with Crippen LogP contribution in [0.4, 0.5) is 5.69 Å². The Labute approximate surface area is 101 Å². The van der Waals surface area contributed by atoms with Crippen LogP contribution in [0.1, 0.15) is 16.8 Å². The summed E-state index contributed by atoms with van der Waals surface area (Å²) >= 11 is 0. The number of benzene rings is 1. The number of ether oxygens (including phenoxy) is 1. The van der Waals surface area contributed by atoms with Crippen LogP contribution in [0, 0.1) is 0 Å². The molecule has 0 saturated heterocycles. The largest absolute Gasteiger partial charge is 0.494 e. The minimum Gasteiger partial charge on any atom is -0.494 e. The van der Waals surface area contributed by atoms with Crippen LogP contribution < -0.4 is 10.5 Å². The molecule has 0 aliphatic rings. The van der Waals surface area contributed by atoms with Crippen molar-refractivity contribution < 1.29 is 14.6 Å². The van der Waals surface area contributed by atoms with Crippen LogP contribution in [0.5, 0.6) is 5.75 Å². The summed E-state index contributed by atoms with van der Waals surface area (Å²) in [4.78, 5) is 13.6. The van der Waals surface area contributed by atoms with Crippen molar-refractivity contribution in [3.63, 3.8) is 0 Å². The molecule has 0 saturated carbocycles. The number of carbonyl (C=O) groups excluding carboxylic acids is 1. The quantitative estimate of drug-likeness (QED) is 0.741. The topological polar surface area (TPSA) is 75.8 Å². The molecule has 0 spiro atoms. The van der Waals surface area contributed by atoms with Crippen molar-refractivity contribution in [3.8, 4) is 5.75 Å². The molecule has 1 rings (SSSR count). The van der Waals surface area contributed by atoms with Gasteiger partial charge in [0.2, 0.25) is 0 Å². The van der Waals surface area contributed by atoms with Crippen molar-refractivity contribution in [2.45, 2.75) is 6.42 Å². The number of aliphatic hydroxyl groups excluding tert-OH is 1. The van der Waals surface area contributed by atoms with E-state index in [1.165, 1.54) is 12.0 Å². The number of para-hydroxylation sites is 1. The first-order valence-electron chi connectivity index (χ1n) is 5.40. The normalized spacial score (nSPS) is 10.1. The van der Waals surface area contributed by atoms with Gasteiger partial charge < -0.3 is 20.5 Å². The molecule has 0 aliphatic carbocycles. The summed E-state index contributed by atoms with van der Waals surface area (Å²) in [5.41, 5.74) is 6.61. The molecule has 1 aromatic rings. The lowest BCUT2D eigenvalue weighted by Crippen LogP contribution is -2.28. The number of rotatable bonds is 5. The number of hydrogen-bond acceptors (Lipinski definition) is 4. The molecule has 3 N–H and O–H groups in total. The Morgan fingerprint density at radius 1 is 1.53 bits per heavy atom. The number of methoxy groups -OCH3 is 1. The van der Waals surface area contributed by atoms with Crippen molar-refractivity contribution in [1.29, 1.82) is 0 Å². The molecule has 0 radical (unpaired) electrons. The summed E-state index contributed by atoms with van der Waals surface area (Å²) < 4.78 is 5.13. The molecule has 0 bridgehead atoms. The van der Waals surface area contributed by atoms with E-state index in [4.69, 9.17) is 15.6 Å². The van der Waals surface area contributed by atoms with Gasteiger partial charge in [0.15, 0.2) is 5.75 Å². The predicted molar refractivity (Wildman–Crippen MR) is 66.1 cm³/mol. The van der Waals surface area contributed by atoms with E-state index < -0.39 is 0 Å². The highest BCUT2D eigenvalue weighted by molar-refractivity contribution is 5.98. The van der Waals surface area contributed by atoms with Crippen molar-refractivity contribution in [1.82, 2.24) is 4.90 Å². The average Bonchev–Trinajstić information content (AvgIpc) is 2.34. The molecular weight excluding hydrogens is 220 g/mol. The van der Waals surface area contributed by atoms with Crippen molar-refractivity contribution >= 4 is 11.6 Å². The Morgan fingerprint density at radius 3 is 2.82 bits per heavy atom. The SMILES string of the molecule is COc1c(N)cccc1C(=O)N(C)CCCO. The zero-order valence-electron chi connectivity index (χ0n) is 10.1. The van der Waals surface area contributed by atoms with Crippen LogP contribution in [0.15, 0.2) is 18.2 Å². The van der Waals surface area contributed by atoms with Gasteiger partial charge in [0.05, 0.1) is 18.4 Å². The molecule has 0 aromatic heterocycles. The first-order valence-corrected chi connectivity index (χ1v) is 5.40. The van der Waals surface area contributed by atoms with Crippen molar-refractivity contribution in [3.05, 3.63) is 23.8 Å². The van der Waals surface area contributed by atoms with E-state index in [0.717, 1.165) is 0 Å². The van der Waals surface area contributed by atoms with Crippen LogP contribution >= 0.6 is 0 Å². The number of nitrogens with zero attached hydrogens (tertiary/aromatic N) is 1. The number of nitrogen functional groups attached to an aromatic ring is 1. The first-order chi connectivity index (χ1) is 8.11. The third-order valence-electron chi connectivity index (χ3n) is 2.48. The lowest BCUT2D eigenvalue weighted by molar-refractivity contribution is 0.0783. The molecule has 1 amide bonds. The van der Waals surface area contributed by atoms with Crippen LogP contribution in [0.2, 0.25) is 0 Å². The maximum absolute atomic E-state index is 12.1. The number of carbonyl (C=O) groups is 1. The number of anilines is 1. The summed E-state index contributed by atoms with van der Waals surface area (Å²) in [5, 5.41) is 8.73. The van der Waals surface area contributed by atoms with E-state index in [-0.39, 0.29) is 12.5 Å². The molecule has 1 aromatic carbocycles. The van der Waals surface area contributed by atoms with E-state index in [0.29, 0.717) is 30.0 Å². The predicted octanol–water partition coefficient (Wildman–Crippen LogP) is 0.732. The van der Waals surface area contributed by atoms with Crippen molar-refractivity contribution in [2.24, 2.45) is 0 Å². The Kier molecular flexibility index (Phi) is 4.78. The minimum atomic E-state index is -0.164. The molecular formula is C12H18N2O3. The summed E-state index contributed by atoms with van der Waals surface area (Å²) in [6.07, 6.45) is 0.548. The van der Waals surface area contributed by atoms with Gasteiger partial charge in [-0.2, -0.15) is 0 Å². The van der Waals surface area contributed by atoms with E-state index in [9.17, 15) is 4.79 Å². The Bertz CT molecular complexity index is 393. The van der Waals surface area contributed by atoms with Gasteiger partial charge in [-0.05, 0) is 18.6 Å². The van der Waals surface area contributed by atoms with Crippen LogP contribution in [0.3, 0.4) is 0 Å². The number of nitrogens with two attached hydrogens (primary N) is 1. The smallest absolute Gasteiger partial charge is 0.257 e. The van der Waals surface area contributed by atoms with Gasteiger partial charge in [0, 0.05) is 20.2 Å². The average molecular weight is 238 g/mol. The zero-order chi connectivity index (χ0) is 12.8. The van der Waals surface area contributed by atoms with Crippen molar-refractivity contribution in [2.75, 3.05) is 33.0 Å². The summed E-state index contributed by atoms with van der Waals surface area (Å²) in [7, 11) is 3.16. The van der Waals surface area contributed by atoms with E-state index in [1.807, 2.05) is 0 Å². The van der Waals surface area contributed by atoms with Gasteiger partial charge in [-0.15, -0.1) is 0 Å². The second-order valence-corrected chi connectivity index (χ2v) is 3.73. The third kappa shape index (κ3) is 3.10. The summed E-state index contributed by atoms with van der Waals surface area (Å²) in [6.45, 7) is 0.555. The second-order valence-electron chi connectivity index (χ2n) is 3.73. The highest BCUT2D eigenvalue weighted by Crippen LogP contribution is 2.26. The fraction of sp³-hybridized carbons (Fsp3) is 0.417. The molecule has 94 valence electrons. The monoisotopic (exact) mass is 238 g/mol. The third-order valence-corrected chi connectivity index (χ3v) is 2.48. The maximum Gasteiger partial charge on any atom is 0.257 e. The molecule has 5 heteroatoms. The standard InChI is InChI=1S/C12H18N2O3/c1-14(7-4-8-15)12(16)9-5-3-6-10(13)11(9)17-2/h3,5-6,15H,4,7-8,13H2,1-2H3. The Hall–Kier alpha value is -1.75. The van der Waals surface area contributed by atoms with Gasteiger partial charge in [-0.3, -0.25) is 4.79 Å². The summed E-state index contributed by atoms with van der Waals surface area (Å²) in [6, 6.07) is 5.07. The molecule has 5 nitrogen and oxygen atoms in total. The fourth-order valence-corrected chi connectivity index (χ4v) is 1.57. The van der Waals surface area contributed by atoms with E-state index in [2.05, 4.69) is 0 Å². The van der Waals surface area contributed by atoms with Crippen LogP contribution in [-0.4, -0.2) is 43.2 Å². The maximum atomic E-state index is 12.1. The second kappa shape index (κ2) is 6.10. The lowest BCUT2D eigenvalue weighted by atomic mass is 10.1. The van der Waals surface area contributed by atoms with Crippen LogP contribution in [0.25, 0.3) is 0 Å². The number of aliphatic hydroxyl groups is 1. The van der Waals surface area contributed by atoms with Gasteiger partial charge in [0.1, 0.15) is 0 Å². The van der Waals surface area contributed by atoms with E-state index in [1.54, 1.807) is 25.2 Å². The van der Waals surface area contributed by atoms with Gasteiger partial charge in [0.25, 0.3) is 5.91 Å². The highest BCUT2D eigenvalue weighted by Gasteiger charge is 2.17. The van der Waals surface area contributed by atoms with Gasteiger partial charge in [-0.25, -0.2) is 0 Å². The highest BCUT2D eigenvalue weighted by atomic mass is 16.5. The lowest BCUT2D eigenvalue weighted by Gasteiger charge is -2.18. The number of hydrogen-bond donors (Lipinski definition) is 2. The fourth-order valence-electron chi connectivity index (χ4n) is 1.57. The van der Waals surface area contributed by atoms with Gasteiger partial charge >= 0.3 is 0 Å². The number of amides is 1. The van der Waals surface area contributed by atoms with Gasteiger partial charge in [-0.1, -0.05) is 6.07 Å². The van der Waals surface area contributed by atoms with E-state index >= 15 is 0 Å². The minimum absolute atomic E-state index is 0.0612. The first kappa shape index (κ1) is 13.3. The summed E-state index contributed by atoms with van der Waals surface area (Å²) in [5.74, 6) is 0.232. The molecule has 0 heterocycles. The zero-order valence-corrected chi connectivity index (χ0v) is 10.1. The van der Waals surface area contributed by atoms with Crippen LogP contribution in [-0.2, 0) is 0 Å². The molecule has 0 fully saturated rings. The Morgan fingerprint density at radius 2 is 2.24 bits per heavy atom. The molecule has 0 aliphatic heterocycles. The molecule has 0 unspecified atom stereocenters. The molecule has 17 heavy (non-hydrogen) atoms. The molecule has 0 atom stereocenters. The Balaban J connectivity index is 2.92.